The maximum Gasteiger partial charge on any atom is 0.119 e. The summed E-state index contributed by atoms with van der Waals surface area (Å²) in [5, 5.41) is 8.64. The summed E-state index contributed by atoms with van der Waals surface area (Å²) in [6.45, 7) is 9.85. The molecule has 0 saturated heterocycles. The van der Waals surface area contributed by atoms with E-state index in [0.29, 0.717) is 33.0 Å². The number of unbranched alkanes of at least 4 members (excludes halogenated alkanes) is 4. The van der Waals surface area contributed by atoms with E-state index in [1.165, 1.54) is 36.8 Å². The molecule has 0 bridgehead atoms. The Morgan fingerprint density at radius 2 is 1.09 bits per heavy atom. The molecule has 0 aromatic heterocycles. The zero-order valence-electron chi connectivity index (χ0n) is 20.7. The molecule has 1 N–H and O–H groups in total. The lowest BCUT2D eigenvalue weighted by Crippen LogP contribution is -2.18. The van der Waals surface area contributed by atoms with Crippen molar-refractivity contribution < 1.29 is 24.1 Å². The fourth-order valence-corrected chi connectivity index (χ4v) is 3.60. The van der Waals surface area contributed by atoms with Gasteiger partial charge in [-0.05, 0) is 41.8 Å². The summed E-state index contributed by atoms with van der Waals surface area (Å²) in [6.07, 6.45) is 6.24. The van der Waals surface area contributed by atoms with Crippen LogP contribution in [-0.2, 0) is 14.9 Å². The highest BCUT2D eigenvalue weighted by atomic mass is 16.5. The first kappa shape index (κ1) is 27.2. The molecule has 0 amide bonds. The van der Waals surface area contributed by atoms with Crippen molar-refractivity contribution in [3.63, 3.8) is 0 Å². The molecule has 0 aliphatic heterocycles. The normalized spacial score (nSPS) is 11.5. The van der Waals surface area contributed by atoms with Crippen LogP contribution in [0.5, 0.6) is 11.5 Å². The Labute approximate surface area is 200 Å². The van der Waals surface area contributed by atoms with Crippen molar-refractivity contribution in [2.45, 2.75) is 58.3 Å². The van der Waals surface area contributed by atoms with Crippen LogP contribution in [0.3, 0.4) is 0 Å². The summed E-state index contributed by atoms with van der Waals surface area (Å²) in [5.41, 5.74) is 2.37. The van der Waals surface area contributed by atoms with E-state index in [0.717, 1.165) is 24.5 Å². The Bertz CT molecular complexity index is 740. The Hall–Kier alpha value is -2.08. The summed E-state index contributed by atoms with van der Waals surface area (Å²) in [5.74, 6) is 1.77. The van der Waals surface area contributed by atoms with Crippen molar-refractivity contribution in [2.24, 2.45) is 0 Å². The highest BCUT2D eigenvalue weighted by molar-refractivity contribution is 5.41. The molecule has 0 heterocycles. The molecule has 0 atom stereocenters. The van der Waals surface area contributed by atoms with Gasteiger partial charge >= 0.3 is 0 Å². The molecule has 0 saturated carbocycles. The SMILES string of the molecule is CCCCCCCOc1ccc(C(C)(C)c2ccc(OCCOCCOCCO)cc2)cc1. The van der Waals surface area contributed by atoms with E-state index in [9.17, 15) is 0 Å². The predicted molar refractivity (Wildman–Crippen MR) is 133 cm³/mol. The molecular formula is C28H42O5. The number of ether oxygens (including phenoxy) is 4. The fraction of sp³-hybridized carbons (Fsp3) is 0.571. The molecule has 184 valence electrons. The lowest BCUT2D eigenvalue weighted by atomic mass is 9.78. The van der Waals surface area contributed by atoms with E-state index >= 15 is 0 Å². The van der Waals surface area contributed by atoms with E-state index in [1.807, 2.05) is 12.1 Å². The number of aliphatic hydroxyl groups excluding tert-OH is 1. The van der Waals surface area contributed by atoms with Gasteiger partial charge in [0.1, 0.15) is 18.1 Å². The van der Waals surface area contributed by atoms with Crippen LogP contribution in [0.15, 0.2) is 48.5 Å². The van der Waals surface area contributed by atoms with Gasteiger partial charge in [0.15, 0.2) is 0 Å². The van der Waals surface area contributed by atoms with Crippen LogP contribution in [-0.4, -0.2) is 51.4 Å². The zero-order chi connectivity index (χ0) is 23.8. The molecule has 0 fully saturated rings. The summed E-state index contributed by atoms with van der Waals surface area (Å²) >= 11 is 0. The molecule has 2 rings (SSSR count). The molecule has 0 radical (unpaired) electrons. The Morgan fingerprint density at radius 1 is 0.606 bits per heavy atom. The second-order valence-electron chi connectivity index (χ2n) is 8.73. The minimum Gasteiger partial charge on any atom is -0.494 e. The summed E-state index contributed by atoms with van der Waals surface area (Å²) in [6, 6.07) is 16.8. The van der Waals surface area contributed by atoms with Gasteiger partial charge in [0.2, 0.25) is 0 Å². The van der Waals surface area contributed by atoms with E-state index in [1.54, 1.807) is 0 Å². The lowest BCUT2D eigenvalue weighted by Gasteiger charge is -2.26. The lowest BCUT2D eigenvalue weighted by molar-refractivity contribution is 0.0247. The zero-order valence-corrected chi connectivity index (χ0v) is 20.7. The van der Waals surface area contributed by atoms with E-state index in [2.05, 4.69) is 57.2 Å². The van der Waals surface area contributed by atoms with Crippen LogP contribution in [0.2, 0.25) is 0 Å². The fourth-order valence-electron chi connectivity index (χ4n) is 3.60. The van der Waals surface area contributed by atoms with Crippen molar-refractivity contribution in [3.8, 4) is 11.5 Å². The van der Waals surface area contributed by atoms with Gasteiger partial charge in [0.05, 0.1) is 39.6 Å². The summed E-state index contributed by atoms with van der Waals surface area (Å²) in [7, 11) is 0. The average Bonchev–Trinajstić information content (AvgIpc) is 2.83. The van der Waals surface area contributed by atoms with Gasteiger partial charge in [0.25, 0.3) is 0 Å². The monoisotopic (exact) mass is 458 g/mol. The van der Waals surface area contributed by atoms with E-state index < -0.39 is 0 Å². The van der Waals surface area contributed by atoms with Crippen molar-refractivity contribution in [1.29, 1.82) is 0 Å². The van der Waals surface area contributed by atoms with Crippen LogP contribution in [0, 0.1) is 0 Å². The highest BCUT2D eigenvalue weighted by Crippen LogP contribution is 2.33. The maximum absolute atomic E-state index is 8.64. The molecule has 5 heteroatoms. The van der Waals surface area contributed by atoms with Crippen molar-refractivity contribution in [3.05, 3.63) is 59.7 Å². The average molecular weight is 459 g/mol. The quantitative estimate of drug-likeness (QED) is 0.288. The largest absolute Gasteiger partial charge is 0.494 e. The van der Waals surface area contributed by atoms with Crippen LogP contribution in [0.1, 0.15) is 64.0 Å². The van der Waals surface area contributed by atoms with E-state index in [-0.39, 0.29) is 12.0 Å². The first-order valence-corrected chi connectivity index (χ1v) is 12.3. The molecule has 0 unspecified atom stereocenters. The number of aliphatic hydroxyl groups is 1. The molecule has 2 aromatic carbocycles. The third kappa shape index (κ3) is 10.2. The van der Waals surface area contributed by atoms with Crippen LogP contribution in [0.4, 0.5) is 0 Å². The van der Waals surface area contributed by atoms with Gasteiger partial charge in [-0.25, -0.2) is 0 Å². The molecule has 5 nitrogen and oxygen atoms in total. The van der Waals surface area contributed by atoms with Crippen LogP contribution >= 0.6 is 0 Å². The number of hydrogen-bond acceptors (Lipinski definition) is 5. The van der Waals surface area contributed by atoms with Gasteiger partial charge in [-0.15, -0.1) is 0 Å². The van der Waals surface area contributed by atoms with E-state index in [4.69, 9.17) is 24.1 Å². The minimum absolute atomic E-state index is 0.0366. The molecule has 2 aromatic rings. The van der Waals surface area contributed by atoms with Crippen molar-refractivity contribution in [1.82, 2.24) is 0 Å². The van der Waals surface area contributed by atoms with Crippen molar-refractivity contribution >= 4 is 0 Å². The summed E-state index contributed by atoms with van der Waals surface area (Å²) in [4.78, 5) is 0. The van der Waals surface area contributed by atoms with Gasteiger partial charge in [0, 0.05) is 5.41 Å². The Morgan fingerprint density at radius 3 is 1.64 bits per heavy atom. The first-order valence-electron chi connectivity index (χ1n) is 12.3. The smallest absolute Gasteiger partial charge is 0.119 e. The second kappa shape index (κ2) is 15.7. The second-order valence-corrected chi connectivity index (χ2v) is 8.73. The van der Waals surface area contributed by atoms with Gasteiger partial charge in [-0.1, -0.05) is 70.7 Å². The van der Waals surface area contributed by atoms with Gasteiger partial charge in [-0.2, -0.15) is 0 Å². The van der Waals surface area contributed by atoms with Gasteiger partial charge < -0.3 is 24.1 Å². The van der Waals surface area contributed by atoms with Crippen LogP contribution < -0.4 is 9.47 Å². The maximum atomic E-state index is 8.64. The van der Waals surface area contributed by atoms with Crippen molar-refractivity contribution in [2.75, 3.05) is 46.2 Å². The minimum atomic E-state index is -0.116. The standard InChI is InChI=1S/C28H42O5/c1-4-5-6-7-8-18-32-26-13-9-24(10-14-26)28(2,3)25-11-15-27(16-12-25)33-23-22-31-21-20-30-19-17-29/h9-16,29H,4-8,17-23H2,1-3H3. The third-order valence-corrected chi connectivity index (χ3v) is 5.77. The molecule has 0 spiro atoms. The number of rotatable bonds is 18. The predicted octanol–water partition coefficient (Wildman–Crippen LogP) is 5.77. The number of hydrogen-bond donors (Lipinski definition) is 1. The Kier molecular flexibility index (Phi) is 12.9. The third-order valence-electron chi connectivity index (χ3n) is 5.77. The molecule has 0 aliphatic rings. The first-order chi connectivity index (χ1) is 16.1. The topological polar surface area (TPSA) is 57.2 Å². The highest BCUT2D eigenvalue weighted by Gasteiger charge is 2.23. The molecule has 33 heavy (non-hydrogen) atoms. The molecule has 0 aliphatic carbocycles. The Balaban J connectivity index is 1.76. The number of benzene rings is 2. The van der Waals surface area contributed by atoms with Crippen LogP contribution in [0.25, 0.3) is 0 Å². The molecular weight excluding hydrogens is 416 g/mol. The van der Waals surface area contributed by atoms with Gasteiger partial charge in [-0.3, -0.25) is 0 Å². The summed E-state index contributed by atoms with van der Waals surface area (Å²) < 4.78 is 22.3.